The predicted octanol–water partition coefficient (Wildman–Crippen LogP) is 2.55. The second kappa shape index (κ2) is 13.1. The standard InChI is InChI=1S/C17H28F2N4O3S.HI/c1-5-23(27(4,24)25)10-6-9-21-17(20-3)22-12-14-11-13(2)7-8-15(14)26-16(18)19;/h7-8,11,16H,5-6,9-10,12H2,1-4H3,(H2,20,21,22);1H. The molecule has 0 aliphatic heterocycles. The van der Waals surface area contributed by atoms with Crippen LogP contribution in [0.25, 0.3) is 0 Å². The fraction of sp³-hybridized carbons (Fsp3) is 0.588. The fourth-order valence-electron chi connectivity index (χ4n) is 2.48. The van der Waals surface area contributed by atoms with Gasteiger partial charge in [0.05, 0.1) is 6.26 Å². The van der Waals surface area contributed by atoms with Crippen molar-refractivity contribution in [1.29, 1.82) is 0 Å². The number of hydrogen-bond donors (Lipinski definition) is 2. The van der Waals surface area contributed by atoms with Crippen LogP contribution < -0.4 is 15.4 Å². The minimum atomic E-state index is -3.20. The van der Waals surface area contributed by atoms with Crippen LogP contribution in [0.2, 0.25) is 0 Å². The number of aliphatic imine (C=N–C) groups is 1. The molecule has 0 atom stereocenters. The molecule has 0 saturated carbocycles. The van der Waals surface area contributed by atoms with E-state index >= 15 is 0 Å². The van der Waals surface area contributed by atoms with Crippen LogP contribution in [0.4, 0.5) is 8.78 Å². The molecule has 0 radical (unpaired) electrons. The Balaban J connectivity index is 0.00000729. The van der Waals surface area contributed by atoms with E-state index in [1.165, 1.54) is 16.6 Å². The average molecular weight is 534 g/mol. The van der Waals surface area contributed by atoms with Gasteiger partial charge in [-0.05, 0) is 19.4 Å². The van der Waals surface area contributed by atoms with Crippen molar-refractivity contribution in [3.63, 3.8) is 0 Å². The largest absolute Gasteiger partial charge is 0.434 e. The minimum Gasteiger partial charge on any atom is -0.434 e. The Morgan fingerprint density at radius 3 is 2.54 bits per heavy atom. The maximum Gasteiger partial charge on any atom is 0.387 e. The maximum absolute atomic E-state index is 12.5. The molecule has 28 heavy (non-hydrogen) atoms. The summed E-state index contributed by atoms with van der Waals surface area (Å²) in [5.74, 6) is 0.604. The van der Waals surface area contributed by atoms with Crippen LogP contribution in [-0.2, 0) is 16.6 Å². The average Bonchev–Trinajstić information content (AvgIpc) is 2.58. The molecule has 0 saturated heterocycles. The summed E-state index contributed by atoms with van der Waals surface area (Å²) in [4.78, 5) is 4.08. The number of nitrogens with zero attached hydrogens (tertiary/aromatic N) is 2. The number of nitrogens with one attached hydrogen (secondary N) is 2. The summed E-state index contributed by atoms with van der Waals surface area (Å²) in [5, 5.41) is 6.11. The molecular weight excluding hydrogens is 505 g/mol. The van der Waals surface area contributed by atoms with Gasteiger partial charge in [0.2, 0.25) is 10.0 Å². The van der Waals surface area contributed by atoms with Gasteiger partial charge in [0.25, 0.3) is 0 Å². The highest BCUT2D eigenvalue weighted by Gasteiger charge is 2.13. The lowest BCUT2D eigenvalue weighted by Gasteiger charge is -2.18. The van der Waals surface area contributed by atoms with Gasteiger partial charge >= 0.3 is 6.61 Å². The summed E-state index contributed by atoms with van der Waals surface area (Å²) in [6.45, 7) is 2.36. The lowest BCUT2D eigenvalue weighted by Crippen LogP contribution is -2.39. The van der Waals surface area contributed by atoms with Crippen molar-refractivity contribution in [2.24, 2.45) is 4.99 Å². The molecule has 1 aromatic carbocycles. The third-order valence-corrected chi connectivity index (χ3v) is 5.18. The molecule has 0 spiro atoms. The normalized spacial score (nSPS) is 12.1. The van der Waals surface area contributed by atoms with Gasteiger partial charge in [0.15, 0.2) is 5.96 Å². The highest BCUT2D eigenvalue weighted by atomic mass is 127. The number of halogens is 3. The van der Waals surface area contributed by atoms with Gasteiger partial charge in [-0.25, -0.2) is 12.7 Å². The molecule has 0 aliphatic rings. The number of ether oxygens (including phenoxy) is 1. The van der Waals surface area contributed by atoms with E-state index in [9.17, 15) is 17.2 Å². The van der Waals surface area contributed by atoms with Gasteiger partial charge in [0.1, 0.15) is 5.75 Å². The number of hydrogen-bond acceptors (Lipinski definition) is 4. The first-order valence-electron chi connectivity index (χ1n) is 8.61. The molecule has 2 N–H and O–H groups in total. The molecule has 0 fully saturated rings. The molecule has 0 bridgehead atoms. The highest BCUT2D eigenvalue weighted by molar-refractivity contribution is 14.0. The van der Waals surface area contributed by atoms with Gasteiger partial charge in [0, 0.05) is 38.8 Å². The quantitative estimate of drug-likeness (QED) is 0.209. The first-order chi connectivity index (χ1) is 12.7. The molecule has 162 valence electrons. The lowest BCUT2D eigenvalue weighted by atomic mass is 10.1. The molecule has 0 aliphatic carbocycles. The summed E-state index contributed by atoms with van der Waals surface area (Å²) >= 11 is 0. The van der Waals surface area contributed by atoms with Gasteiger partial charge in [-0.2, -0.15) is 8.78 Å². The monoisotopic (exact) mass is 534 g/mol. The van der Waals surface area contributed by atoms with E-state index in [4.69, 9.17) is 0 Å². The third kappa shape index (κ3) is 9.82. The maximum atomic E-state index is 12.5. The van der Waals surface area contributed by atoms with Crippen LogP contribution in [0.1, 0.15) is 24.5 Å². The fourth-order valence-corrected chi connectivity index (χ4v) is 3.41. The first-order valence-corrected chi connectivity index (χ1v) is 10.5. The summed E-state index contributed by atoms with van der Waals surface area (Å²) in [6, 6.07) is 4.98. The van der Waals surface area contributed by atoms with Crippen LogP contribution in [-0.4, -0.2) is 58.2 Å². The van der Waals surface area contributed by atoms with Gasteiger partial charge in [-0.3, -0.25) is 4.99 Å². The molecule has 0 heterocycles. The molecular formula is C17H29F2IN4O3S. The van der Waals surface area contributed by atoms with Crippen LogP contribution in [0.3, 0.4) is 0 Å². The predicted molar refractivity (Wildman–Crippen MR) is 118 cm³/mol. The summed E-state index contributed by atoms with van der Waals surface area (Å²) < 4.78 is 54.1. The van der Waals surface area contributed by atoms with Crippen molar-refractivity contribution < 1.29 is 21.9 Å². The van der Waals surface area contributed by atoms with E-state index < -0.39 is 16.6 Å². The Bertz CT molecular complexity index is 733. The zero-order valence-electron chi connectivity index (χ0n) is 16.5. The van der Waals surface area contributed by atoms with E-state index in [2.05, 4.69) is 20.4 Å². The Morgan fingerprint density at radius 1 is 1.32 bits per heavy atom. The molecule has 1 rings (SSSR count). The molecule has 0 unspecified atom stereocenters. The van der Waals surface area contributed by atoms with Crippen LogP contribution >= 0.6 is 24.0 Å². The zero-order valence-corrected chi connectivity index (χ0v) is 19.7. The Morgan fingerprint density at radius 2 is 2.00 bits per heavy atom. The number of sulfonamides is 1. The van der Waals surface area contributed by atoms with Gasteiger partial charge < -0.3 is 15.4 Å². The number of rotatable bonds is 10. The number of benzene rings is 1. The van der Waals surface area contributed by atoms with Crippen molar-refractivity contribution in [2.45, 2.75) is 33.4 Å². The van der Waals surface area contributed by atoms with E-state index in [1.54, 1.807) is 26.1 Å². The molecule has 1 aromatic rings. The number of alkyl halides is 2. The van der Waals surface area contributed by atoms with E-state index in [0.29, 0.717) is 37.6 Å². The SMILES string of the molecule is CCN(CCCNC(=NC)NCc1cc(C)ccc1OC(F)F)S(C)(=O)=O.I. The Kier molecular flexibility index (Phi) is 12.5. The number of guanidine groups is 1. The van der Waals surface area contributed by atoms with Crippen LogP contribution in [0.15, 0.2) is 23.2 Å². The molecule has 7 nitrogen and oxygen atoms in total. The van der Waals surface area contributed by atoms with Crippen LogP contribution in [0, 0.1) is 6.92 Å². The Hall–Kier alpha value is -1.21. The van der Waals surface area contributed by atoms with Crippen molar-refractivity contribution in [3.8, 4) is 5.75 Å². The lowest BCUT2D eigenvalue weighted by molar-refractivity contribution is -0.0504. The topological polar surface area (TPSA) is 83.0 Å². The summed E-state index contributed by atoms with van der Waals surface area (Å²) in [6.07, 6.45) is 1.79. The molecule has 0 amide bonds. The molecule has 11 heteroatoms. The minimum absolute atomic E-state index is 0. The van der Waals surface area contributed by atoms with Crippen molar-refractivity contribution in [1.82, 2.24) is 14.9 Å². The smallest absolute Gasteiger partial charge is 0.387 e. The second-order valence-electron chi connectivity index (χ2n) is 5.95. The highest BCUT2D eigenvalue weighted by Crippen LogP contribution is 2.21. The van der Waals surface area contributed by atoms with Gasteiger partial charge in [-0.15, -0.1) is 24.0 Å². The summed E-state index contributed by atoms with van der Waals surface area (Å²) in [7, 11) is -1.61. The van der Waals surface area contributed by atoms with E-state index in [0.717, 1.165) is 5.56 Å². The van der Waals surface area contributed by atoms with E-state index in [-0.39, 0.29) is 36.3 Å². The zero-order chi connectivity index (χ0) is 20.4. The van der Waals surface area contributed by atoms with E-state index in [1.807, 2.05) is 6.92 Å². The third-order valence-electron chi connectivity index (χ3n) is 3.80. The number of aryl methyl sites for hydroxylation is 1. The van der Waals surface area contributed by atoms with Gasteiger partial charge in [-0.1, -0.05) is 24.6 Å². The Labute approximate surface area is 183 Å². The second-order valence-corrected chi connectivity index (χ2v) is 7.93. The van der Waals surface area contributed by atoms with Crippen molar-refractivity contribution in [3.05, 3.63) is 29.3 Å². The first kappa shape index (κ1) is 26.8. The summed E-state index contributed by atoms with van der Waals surface area (Å²) in [5.41, 5.74) is 1.52. The molecule has 0 aromatic heterocycles. The van der Waals surface area contributed by atoms with Crippen molar-refractivity contribution >= 4 is 40.0 Å². The van der Waals surface area contributed by atoms with Crippen LogP contribution in [0.5, 0.6) is 5.75 Å². The van der Waals surface area contributed by atoms with Crippen molar-refractivity contribution in [2.75, 3.05) is 32.9 Å².